The highest BCUT2D eigenvalue weighted by Crippen LogP contribution is 2.04. The van der Waals surface area contributed by atoms with Gasteiger partial charge in [0, 0.05) is 0 Å². The number of hydrogen-bond acceptors (Lipinski definition) is 1. The highest BCUT2D eigenvalue weighted by atomic mass is 16.3. The van der Waals surface area contributed by atoms with E-state index >= 15 is 0 Å². The SMILES string of the molecule is C=CCc1cccc(C)c1.Oc1ccccc1. The zero-order chi connectivity index (χ0) is 12.5. The fourth-order valence-electron chi connectivity index (χ4n) is 1.43. The maximum Gasteiger partial charge on any atom is 0.115 e. The Morgan fingerprint density at radius 1 is 1.06 bits per heavy atom. The van der Waals surface area contributed by atoms with E-state index in [9.17, 15) is 0 Å². The molecule has 0 aliphatic heterocycles. The minimum Gasteiger partial charge on any atom is -0.508 e. The molecule has 17 heavy (non-hydrogen) atoms. The van der Waals surface area contributed by atoms with Crippen molar-refractivity contribution in [3.63, 3.8) is 0 Å². The summed E-state index contributed by atoms with van der Waals surface area (Å²) in [6.07, 6.45) is 2.90. The van der Waals surface area contributed by atoms with E-state index < -0.39 is 0 Å². The Morgan fingerprint density at radius 3 is 2.24 bits per heavy atom. The fraction of sp³-hybridized carbons (Fsp3) is 0.125. The van der Waals surface area contributed by atoms with Crippen LogP contribution in [0.1, 0.15) is 11.1 Å². The summed E-state index contributed by atoms with van der Waals surface area (Å²) >= 11 is 0. The first-order chi connectivity index (χ1) is 8.22. The second-order valence-corrected chi connectivity index (χ2v) is 3.82. The van der Waals surface area contributed by atoms with E-state index in [-0.39, 0.29) is 0 Å². The lowest BCUT2D eigenvalue weighted by Gasteiger charge is -1.96. The van der Waals surface area contributed by atoms with Gasteiger partial charge in [-0.2, -0.15) is 0 Å². The molecule has 2 rings (SSSR count). The molecule has 0 saturated heterocycles. The molecule has 0 heterocycles. The first-order valence-corrected chi connectivity index (χ1v) is 5.63. The highest BCUT2D eigenvalue weighted by molar-refractivity contribution is 5.23. The monoisotopic (exact) mass is 226 g/mol. The van der Waals surface area contributed by atoms with Crippen LogP contribution in [-0.4, -0.2) is 5.11 Å². The molecule has 0 fully saturated rings. The summed E-state index contributed by atoms with van der Waals surface area (Å²) < 4.78 is 0. The fourth-order valence-corrected chi connectivity index (χ4v) is 1.43. The molecule has 0 saturated carbocycles. The molecule has 0 atom stereocenters. The van der Waals surface area contributed by atoms with Gasteiger partial charge in [-0.25, -0.2) is 0 Å². The van der Waals surface area contributed by atoms with Crippen molar-refractivity contribution in [2.24, 2.45) is 0 Å². The predicted octanol–water partition coefficient (Wildman–Crippen LogP) is 4.12. The average molecular weight is 226 g/mol. The molecule has 0 amide bonds. The third-order valence-corrected chi connectivity index (χ3v) is 2.22. The highest BCUT2D eigenvalue weighted by Gasteiger charge is 1.87. The smallest absolute Gasteiger partial charge is 0.115 e. The molecule has 1 N–H and O–H groups in total. The van der Waals surface area contributed by atoms with Gasteiger partial charge in [-0.05, 0) is 31.0 Å². The molecule has 1 heteroatoms. The number of aromatic hydroxyl groups is 1. The van der Waals surface area contributed by atoms with E-state index in [4.69, 9.17) is 5.11 Å². The van der Waals surface area contributed by atoms with Crippen LogP contribution in [-0.2, 0) is 6.42 Å². The molecular weight excluding hydrogens is 208 g/mol. The van der Waals surface area contributed by atoms with Crippen molar-refractivity contribution in [3.05, 3.63) is 78.4 Å². The van der Waals surface area contributed by atoms with E-state index in [1.807, 2.05) is 12.1 Å². The maximum atomic E-state index is 8.63. The van der Waals surface area contributed by atoms with Crippen LogP contribution in [0.4, 0.5) is 0 Å². The number of rotatable bonds is 2. The van der Waals surface area contributed by atoms with Gasteiger partial charge in [-0.1, -0.05) is 54.1 Å². The molecule has 0 aromatic heterocycles. The molecule has 0 radical (unpaired) electrons. The molecular formula is C16H18O. The standard InChI is InChI=1S/C10H12.C6H6O/c1-3-5-10-7-4-6-9(2)8-10;7-6-4-2-1-3-5-6/h3-4,6-8H,1,5H2,2H3;1-5,7H. The van der Waals surface area contributed by atoms with Crippen molar-refractivity contribution in [1.29, 1.82) is 0 Å². The van der Waals surface area contributed by atoms with Crippen molar-refractivity contribution < 1.29 is 5.11 Å². The van der Waals surface area contributed by atoms with Crippen molar-refractivity contribution in [2.45, 2.75) is 13.3 Å². The van der Waals surface area contributed by atoms with Crippen LogP contribution < -0.4 is 0 Å². The molecule has 0 bridgehead atoms. The van der Waals surface area contributed by atoms with Gasteiger partial charge in [0.1, 0.15) is 5.75 Å². The number of benzene rings is 2. The molecule has 2 aromatic rings. The summed E-state index contributed by atoms with van der Waals surface area (Å²) in [5.74, 6) is 0.322. The first kappa shape index (κ1) is 13.0. The second kappa shape index (κ2) is 7.29. The molecule has 2 aromatic carbocycles. The minimum atomic E-state index is 0.322. The lowest BCUT2D eigenvalue weighted by molar-refractivity contribution is 0.475. The second-order valence-electron chi connectivity index (χ2n) is 3.82. The Bertz CT molecular complexity index is 446. The maximum absolute atomic E-state index is 8.63. The van der Waals surface area contributed by atoms with Gasteiger partial charge in [0.15, 0.2) is 0 Å². The van der Waals surface area contributed by atoms with E-state index in [0.29, 0.717) is 5.75 Å². The molecule has 1 nitrogen and oxygen atoms in total. The van der Waals surface area contributed by atoms with Gasteiger partial charge >= 0.3 is 0 Å². The number of phenolic OH excluding ortho intramolecular Hbond substituents is 1. The number of allylic oxidation sites excluding steroid dienone is 1. The third kappa shape index (κ3) is 5.57. The summed E-state index contributed by atoms with van der Waals surface area (Å²) in [5, 5.41) is 8.63. The van der Waals surface area contributed by atoms with E-state index in [1.165, 1.54) is 11.1 Å². The Balaban J connectivity index is 0.000000181. The number of aryl methyl sites for hydroxylation is 1. The average Bonchev–Trinajstić information content (AvgIpc) is 2.31. The summed E-state index contributed by atoms with van der Waals surface area (Å²) in [6.45, 7) is 5.79. The summed E-state index contributed by atoms with van der Waals surface area (Å²) in [5.41, 5.74) is 2.66. The zero-order valence-corrected chi connectivity index (χ0v) is 10.1. The van der Waals surface area contributed by atoms with Crippen LogP contribution in [0, 0.1) is 6.92 Å². The molecule has 0 aliphatic rings. The topological polar surface area (TPSA) is 20.2 Å². The molecule has 0 aliphatic carbocycles. The molecule has 88 valence electrons. The summed E-state index contributed by atoms with van der Waals surface area (Å²) in [6, 6.07) is 17.2. The van der Waals surface area contributed by atoms with E-state index in [2.05, 4.69) is 37.8 Å². The Kier molecular flexibility index (Phi) is 5.59. The van der Waals surface area contributed by atoms with Gasteiger partial charge in [-0.3, -0.25) is 0 Å². The van der Waals surface area contributed by atoms with Crippen LogP contribution in [0.3, 0.4) is 0 Å². The van der Waals surface area contributed by atoms with Gasteiger partial charge in [-0.15, -0.1) is 6.58 Å². The zero-order valence-electron chi connectivity index (χ0n) is 10.1. The molecule has 0 spiro atoms. The van der Waals surface area contributed by atoms with Crippen LogP contribution in [0.25, 0.3) is 0 Å². The van der Waals surface area contributed by atoms with Gasteiger partial charge in [0.2, 0.25) is 0 Å². The minimum absolute atomic E-state index is 0.322. The summed E-state index contributed by atoms with van der Waals surface area (Å²) in [7, 11) is 0. The third-order valence-electron chi connectivity index (χ3n) is 2.22. The van der Waals surface area contributed by atoms with E-state index in [0.717, 1.165) is 6.42 Å². The van der Waals surface area contributed by atoms with Crippen LogP contribution in [0.2, 0.25) is 0 Å². The van der Waals surface area contributed by atoms with Gasteiger partial charge < -0.3 is 5.11 Å². The lowest BCUT2D eigenvalue weighted by Crippen LogP contribution is -1.80. The normalized spacial score (nSPS) is 9.00. The van der Waals surface area contributed by atoms with Crippen LogP contribution >= 0.6 is 0 Å². The van der Waals surface area contributed by atoms with Gasteiger partial charge in [0.05, 0.1) is 0 Å². The quantitative estimate of drug-likeness (QED) is 0.764. The van der Waals surface area contributed by atoms with Crippen LogP contribution in [0.5, 0.6) is 5.75 Å². The van der Waals surface area contributed by atoms with Gasteiger partial charge in [0.25, 0.3) is 0 Å². The predicted molar refractivity (Wildman–Crippen MR) is 73.2 cm³/mol. The van der Waals surface area contributed by atoms with E-state index in [1.54, 1.807) is 24.3 Å². The number of hydrogen-bond donors (Lipinski definition) is 1. The Hall–Kier alpha value is -2.02. The van der Waals surface area contributed by atoms with Crippen LogP contribution in [0.15, 0.2) is 67.3 Å². The lowest BCUT2D eigenvalue weighted by atomic mass is 10.1. The van der Waals surface area contributed by atoms with Crippen molar-refractivity contribution in [2.75, 3.05) is 0 Å². The summed E-state index contributed by atoms with van der Waals surface area (Å²) in [4.78, 5) is 0. The molecule has 0 unspecified atom stereocenters. The first-order valence-electron chi connectivity index (χ1n) is 5.63. The van der Waals surface area contributed by atoms with Crippen molar-refractivity contribution >= 4 is 0 Å². The Labute approximate surface area is 103 Å². The van der Waals surface area contributed by atoms with Crippen molar-refractivity contribution in [3.8, 4) is 5.75 Å². The largest absolute Gasteiger partial charge is 0.508 e. The number of phenols is 1. The Morgan fingerprint density at radius 2 is 1.76 bits per heavy atom. The number of para-hydroxylation sites is 1. The van der Waals surface area contributed by atoms with Crippen molar-refractivity contribution in [1.82, 2.24) is 0 Å².